The second-order valence-corrected chi connectivity index (χ2v) is 6.58. The van der Waals surface area contributed by atoms with Gasteiger partial charge in [0.1, 0.15) is 11.5 Å². The van der Waals surface area contributed by atoms with E-state index in [1.54, 1.807) is 20.1 Å². The van der Waals surface area contributed by atoms with Crippen molar-refractivity contribution >= 4 is 29.4 Å². The molecule has 8 heteroatoms. The molecule has 0 aliphatic rings. The Morgan fingerprint density at radius 1 is 1.15 bits per heavy atom. The van der Waals surface area contributed by atoms with Gasteiger partial charge < -0.3 is 14.9 Å². The number of carboxylic acid groups (broad SMARTS) is 1. The van der Waals surface area contributed by atoms with Crippen LogP contribution in [0.1, 0.15) is 28.4 Å². The molecule has 2 aromatic rings. The topological polar surface area (TPSA) is 108 Å². The third-order valence-electron chi connectivity index (χ3n) is 3.64. The smallest absolute Gasteiger partial charge is 0.313 e. The van der Waals surface area contributed by atoms with Crippen molar-refractivity contribution in [1.82, 2.24) is 5.43 Å². The summed E-state index contributed by atoms with van der Waals surface area (Å²) in [4.78, 5) is 22.8. The second-order valence-electron chi connectivity index (χ2n) is 5.60. The van der Waals surface area contributed by atoms with Crippen LogP contribution in [-0.2, 0) is 10.5 Å². The number of carbonyl (C=O) groups excluding carboxylic acids is 1. The SMILES string of the molecule is COc1ccc(/C(C)=N\NC(=O)c2ccc(O)cc2)cc1CSCC(=O)O. The van der Waals surface area contributed by atoms with Crippen LogP contribution >= 0.6 is 11.8 Å². The highest BCUT2D eigenvalue weighted by Gasteiger charge is 2.09. The van der Waals surface area contributed by atoms with Crippen molar-refractivity contribution < 1.29 is 24.5 Å². The first-order chi connectivity index (χ1) is 12.9. The van der Waals surface area contributed by atoms with Gasteiger partial charge in [-0.3, -0.25) is 9.59 Å². The molecule has 2 aromatic carbocycles. The molecule has 0 spiro atoms. The van der Waals surface area contributed by atoms with Gasteiger partial charge in [0, 0.05) is 16.9 Å². The average molecular weight is 388 g/mol. The van der Waals surface area contributed by atoms with Gasteiger partial charge in [0.15, 0.2) is 0 Å². The van der Waals surface area contributed by atoms with Crippen molar-refractivity contribution in [3.63, 3.8) is 0 Å². The number of hydrogen-bond acceptors (Lipinski definition) is 6. The Morgan fingerprint density at radius 3 is 2.44 bits per heavy atom. The Morgan fingerprint density at radius 2 is 1.81 bits per heavy atom. The van der Waals surface area contributed by atoms with Gasteiger partial charge in [-0.25, -0.2) is 5.43 Å². The van der Waals surface area contributed by atoms with Crippen molar-refractivity contribution in [3.05, 3.63) is 59.2 Å². The van der Waals surface area contributed by atoms with Crippen molar-refractivity contribution in [2.45, 2.75) is 12.7 Å². The predicted octanol–water partition coefficient (Wildman–Crippen LogP) is 2.87. The number of aromatic hydroxyl groups is 1. The number of phenolic OH excluding ortho intramolecular Hbond substituents is 1. The molecule has 0 aliphatic carbocycles. The first-order valence-corrected chi connectivity index (χ1v) is 9.16. The molecule has 0 saturated heterocycles. The van der Waals surface area contributed by atoms with Crippen LogP contribution in [0.2, 0.25) is 0 Å². The molecular formula is C19H20N2O5S. The van der Waals surface area contributed by atoms with Crippen molar-refractivity contribution in [2.75, 3.05) is 12.9 Å². The van der Waals surface area contributed by atoms with E-state index in [-0.39, 0.29) is 17.4 Å². The molecule has 3 N–H and O–H groups in total. The zero-order chi connectivity index (χ0) is 19.8. The summed E-state index contributed by atoms with van der Waals surface area (Å²) in [5, 5.41) is 22.1. The van der Waals surface area contributed by atoms with Gasteiger partial charge in [0.25, 0.3) is 5.91 Å². The van der Waals surface area contributed by atoms with E-state index in [9.17, 15) is 14.7 Å². The normalized spacial score (nSPS) is 11.1. The number of nitrogens with one attached hydrogen (secondary N) is 1. The summed E-state index contributed by atoms with van der Waals surface area (Å²) >= 11 is 1.27. The molecular weight excluding hydrogens is 368 g/mol. The maximum Gasteiger partial charge on any atom is 0.313 e. The quantitative estimate of drug-likeness (QED) is 0.474. The van der Waals surface area contributed by atoms with E-state index in [0.717, 1.165) is 11.1 Å². The zero-order valence-electron chi connectivity index (χ0n) is 14.9. The summed E-state index contributed by atoms with van der Waals surface area (Å²) in [6, 6.07) is 11.3. The number of methoxy groups -OCH3 is 1. The van der Waals surface area contributed by atoms with E-state index >= 15 is 0 Å². The molecule has 0 fully saturated rings. The molecule has 0 aromatic heterocycles. The van der Waals surface area contributed by atoms with E-state index in [2.05, 4.69) is 10.5 Å². The number of aliphatic carboxylic acids is 1. The minimum atomic E-state index is -0.871. The van der Waals surface area contributed by atoms with Gasteiger partial charge >= 0.3 is 5.97 Å². The molecule has 1 amide bonds. The molecule has 7 nitrogen and oxygen atoms in total. The van der Waals surface area contributed by atoms with E-state index in [1.807, 2.05) is 12.1 Å². The number of phenols is 1. The molecule has 0 bridgehead atoms. The number of carbonyl (C=O) groups is 2. The Balaban J connectivity index is 2.10. The van der Waals surface area contributed by atoms with Gasteiger partial charge in [-0.1, -0.05) is 0 Å². The largest absolute Gasteiger partial charge is 0.508 e. The van der Waals surface area contributed by atoms with Gasteiger partial charge in [-0.2, -0.15) is 5.10 Å². The fraction of sp³-hybridized carbons (Fsp3) is 0.211. The van der Waals surface area contributed by atoms with Crippen molar-refractivity contribution in [2.24, 2.45) is 5.10 Å². The number of rotatable bonds is 8. The lowest BCUT2D eigenvalue weighted by Crippen LogP contribution is -2.19. The number of thioether (sulfide) groups is 1. The lowest BCUT2D eigenvalue weighted by atomic mass is 10.1. The highest BCUT2D eigenvalue weighted by atomic mass is 32.2. The maximum absolute atomic E-state index is 12.1. The maximum atomic E-state index is 12.1. The standard InChI is InChI=1S/C19H20N2O5S/c1-12(20-21-19(25)13-3-6-16(22)7-4-13)14-5-8-17(26-2)15(9-14)10-27-11-18(23)24/h3-9,22H,10-11H2,1-2H3,(H,21,25)(H,23,24)/b20-12-. The van der Waals surface area contributed by atoms with Gasteiger partial charge in [-0.15, -0.1) is 11.8 Å². The summed E-state index contributed by atoms with van der Waals surface area (Å²) in [5.41, 5.74) is 5.08. The molecule has 0 unspecified atom stereocenters. The van der Waals surface area contributed by atoms with Gasteiger partial charge in [0.05, 0.1) is 18.6 Å². The highest BCUT2D eigenvalue weighted by molar-refractivity contribution is 7.99. The van der Waals surface area contributed by atoms with Gasteiger partial charge in [0.2, 0.25) is 0 Å². The molecule has 0 radical (unpaired) electrons. The van der Waals surface area contributed by atoms with Gasteiger partial charge in [-0.05, 0) is 55.0 Å². The third-order valence-corrected chi connectivity index (χ3v) is 4.60. The Hall–Kier alpha value is -3.00. The molecule has 0 aliphatic heterocycles. The fourth-order valence-corrected chi connectivity index (χ4v) is 2.96. The second kappa shape index (κ2) is 9.63. The lowest BCUT2D eigenvalue weighted by molar-refractivity contribution is -0.133. The van der Waals surface area contributed by atoms with Crippen LogP contribution < -0.4 is 10.2 Å². The predicted molar refractivity (Wildman–Crippen MR) is 105 cm³/mol. The number of hydrazone groups is 1. The highest BCUT2D eigenvalue weighted by Crippen LogP contribution is 2.25. The number of benzene rings is 2. The zero-order valence-corrected chi connectivity index (χ0v) is 15.7. The molecule has 2 rings (SSSR count). The Bertz CT molecular complexity index is 850. The molecule has 142 valence electrons. The monoisotopic (exact) mass is 388 g/mol. The van der Waals surface area contributed by atoms with E-state index in [0.29, 0.717) is 22.8 Å². The summed E-state index contributed by atoms with van der Waals surface area (Å²) < 4.78 is 5.31. The van der Waals surface area contributed by atoms with E-state index in [4.69, 9.17) is 9.84 Å². The third kappa shape index (κ3) is 6.03. The Kier molecular flexibility index (Phi) is 7.25. The van der Waals surface area contributed by atoms with E-state index in [1.165, 1.54) is 36.0 Å². The van der Waals surface area contributed by atoms with Crippen LogP contribution in [0.3, 0.4) is 0 Å². The molecule has 0 saturated carbocycles. The summed E-state index contributed by atoms with van der Waals surface area (Å²) in [6.45, 7) is 1.76. The van der Waals surface area contributed by atoms with Crippen LogP contribution in [0.15, 0.2) is 47.6 Å². The summed E-state index contributed by atoms with van der Waals surface area (Å²) in [7, 11) is 1.55. The summed E-state index contributed by atoms with van der Waals surface area (Å²) in [5.74, 6) is -0.0280. The Labute approximate surface area is 161 Å². The van der Waals surface area contributed by atoms with Crippen LogP contribution in [0, 0.1) is 0 Å². The number of hydrogen-bond donors (Lipinski definition) is 3. The van der Waals surface area contributed by atoms with Crippen LogP contribution in [0.25, 0.3) is 0 Å². The molecule has 27 heavy (non-hydrogen) atoms. The summed E-state index contributed by atoms with van der Waals surface area (Å²) in [6.07, 6.45) is 0. The van der Waals surface area contributed by atoms with E-state index < -0.39 is 5.97 Å². The number of carboxylic acids is 1. The first-order valence-electron chi connectivity index (χ1n) is 8.01. The number of ether oxygens (including phenoxy) is 1. The van der Waals surface area contributed by atoms with Crippen LogP contribution in [0.4, 0.5) is 0 Å². The first kappa shape index (κ1) is 20.3. The minimum absolute atomic E-state index is 0.00312. The average Bonchev–Trinajstić information content (AvgIpc) is 2.66. The minimum Gasteiger partial charge on any atom is -0.508 e. The molecule has 0 atom stereocenters. The van der Waals surface area contributed by atoms with Crippen molar-refractivity contribution in [3.8, 4) is 11.5 Å². The van der Waals surface area contributed by atoms with Crippen molar-refractivity contribution in [1.29, 1.82) is 0 Å². The fourth-order valence-electron chi connectivity index (χ4n) is 2.24. The number of amides is 1. The number of nitrogens with zero attached hydrogens (tertiary/aromatic N) is 1. The molecule has 0 heterocycles. The van der Waals surface area contributed by atoms with Crippen LogP contribution in [0.5, 0.6) is 11.5 Å². The van der Waals surface area contributed by atoms with Crippen LogP contribution in [-0.4, -0.2) is 40.7 Å². The lowest BCUT2D eigenvalue weighted by Gasteiger charge is -2.10.